The molecule has 0 amide bonds. The van der Waals surface area contributed by atoms with Crippen molar-refractivity contribution in [2.45, 2.75) is 6.54 Å². The van der Waals surface area contributed by atoms with Gasteiger partial charge in [-0.2, -0.15) is 0 Å². The van der Waals surface area contributed by atoms with E-state index in [1.54, 1.807) is 11.6 Å². The van der Waals surface area contributed by atoms with E-state index in [-0.39, 0.29) is 5.56 Å². The molecule has 0 aliphatic carbocycles. The van der Waals surface area contributed by atoms with Gasteiger partial charge in [0.2, 0.25) is 5.78 Å². The number of para-hydroxylation sites is 3. The Morgan fingerprint density at radius 2 is 1.80 bits per heavy atom. The molecule has 5 aromatic rings. The van der Waals surface area contributed by atoms with Gasteiger partial charge in [0.15, 0.2) is 11.6 Å². The lowest BCUT2D eigenvalue weighted by atomic mass is 10.2. The van der Waals surface area contributed by atoms with Crippen LogP contribution in [0.15, 0.2) is 70.8 Å². The van der Waals surface area contributed by atoms with Crippen molar-refractivity contribution in [2.24, 2.45) is 7.05 Å². The van der Waals surface area contributed by atoms with Crippen LogP contribution >= 0.6 is 11.3 Å². The van der Waals surface area contributed by atoms with Crippen LogP contribution in [0, 0.1) is 0 Å². The van der Waals surface area contributed by atoms with Crippen molar-refractivity contribution in [2.75, 3.05) is 11.9 Å². The standard InChI is InChI=1S/C22H19N5O2S/c1-25(16-10-6-7-11-18(16)29-15-8-4-3-5-9-15)14-19-23-24-22-26(2)21(28)20-17(27(19)22)12-13-30-20/h3-13H,14H2,1-2H3. The quantitative estimate of drug-likeness (QED) is 0.431. The topological polar surface area (TPSA) is 64.7 Å². The van der Waals surface area contributed by atoms with Gasteiger partial charge in [0.25, 0.3) is 5.56 Å². The van der Waals surface area contributed by atoms with E-state index in [1.807, 2.05) is 77.5 Å². The van der Waals surface area contributed by atoms with Gasteiger partial charge in [-0.25, -0.2) is 0 Å². The van der Waals surface area contributed by atoms with Gasteiger partial charge in [-0.15, -0.1) is 21.5 Å². The van der Waals surface area contributed by atoms with Crippen LogP contribution in [-0.4, -0.2) is 26.2 Å². The van der Waals surface area contributed by atoms with Crippen molar-refractivity contribution in [3.63, 3.8) is 0 Å². The van der Waals surface area contributed by atoms with Gasteiger partial charge < -0.3 is 9.64 Å². The van der Waals surface area contributed by atoms with E-state index in [9.17, 15) is 4.79 Å². The molecule has 3 aromatic heterocycles. The van der Waals surface area contributed by atoms with Crippen LogP contribution in [0.1, 0.15) is 5.82 Å². The summed E-state index contributed by atoms with van der Waals surface area (Å²) in [6.45, 7) is 0.499. The molecule has 0 unspecified atom stereocenters. The van der Waals surface area contributed by atoms with Gasteiger partial charge in [0, 0.05) is 14.1 Å². The van der Waals surface area contributed by atoms with E-state index in [4.69, 9.17) is 4.74 Å². The summed E-state index contributed by atoms with van der Waals surface area (Å²) in [6.07, 6.45) is 0. The number of aromatic nitrogens is 4. The summed E-state index contributed by atoms with van der Waals surface area (Å²) in [5, 5.41) is 10.6. The van der Waals surface area contributed by atoms with Gasteiger partial charge in [-0.3, -0.25) is 13.8 Å². The number of hydrogen-bond donors (Lipinski definition) is 0. The highest BCUT2D eigenvalue weighted by molar-refractivity contribution is 7.17. The molecule has 0 aliphatic heterocycles. The predicted molar refractivity (Wildman–Crippen MR) is 119 cm³/mol. The Hall–Kier alpha value is -3.65. The van der Waals surface area contributed by atoms with Crippen LogP contribution in [0.5, 0.6) is 11.5 Å². The lowest BCUT2D eigenvalue weighted by molar-refractivity contribution is 0.482. The maximum Gasteiger partial charge on any atom is 0.272 e. The van der Waals surface area contributed by atoms with E-state index in [1.165, 1.54) is 11.3 Å². The largest absolute Gasteiger partial charge is 0.455 e. The van der Waals surface area contributed by atoms with E-state index in [0.717, 1.165) is 28.5 Å². The molecule has 2 aromatic carbocycles. The van der Waals surface area contributed by atoms with Gasteiger partial charge >= 0.3 is 0 Å². The smallest absolute Gasteiger partial charge is 0.272 e. The van der Waals surface area contributed by atoms with Crippen LogP contribution < -0.4 is 15.2 Å². The second-order valence-corrected chi connectivity index (χ2v) is 7.91. The first-order valence-corrected chi connectivity index (χ1v) is 10.3. The van der Waals surface area contributed by atoms with Crippen LogP contribution in [0.2, 0.25) is 0 Å². The first kappa shape index (κ1) is 18.4. The summed E-state index contributed by atoms with van der Waals surface area (Å²) in [4.78, 5) is 14.6. The molecule has 0 bridgehead atoms. The zero-order valence-electron chi connectivity index (χ0n) is 16.5. The van der Waals surface area contributed by atoms with Crippen LogP contribution in [0.3, 0.4) is 0 Å². The van der Waals surface area contributed by atoms with E-state index in [0.29, 0.717) is 17.0 Å². The van der Waals surface area contributed by atoms with Crippen molar-refractivity contribution >= 4 is 33.0 Å². The molecule has 0 fully saturated rings. The SMILES string of the molecule is CN(Cc1nnc2n(C)c(=O)c3sccc3n12)c1ccccc1Oc1ccccc1. The monoisotopic (exact) mass is 417 g/mol. The lowest BCUT2D eigenvalue weighted by Gasteiger charge is -2.21. The summed E-state index contributed by atoms with van der Waals surface area (Å²) >= 11 is 1.43. The number of benzene rings is 2. The lowest BCUT2D eigenvalue weighted by Crippen LogP contribution is -2.21. The van der Waals surface area contributed by atoms with Crippen LogP contribution in [0.4, 0.5) is 5.69 Å². The zero-order valence-corrected chi connectivity index (χ0v) is 17.3. The fraction of sp³-hybridized carbons (Fsp3) is 0.136. The third kappa shape index (κ3) is 3.02. The van der Waals surface area contributed by atoms with Gasteiger partial charge in [-0.1, -0.05) is 30.3 Å². The second-order valence-electron chi connectivity index (χ2n) is 6.99. The minimum absolute atomic E-state index is 0.0542. The van der Waals surface area contributed by atoms with Gasteiger partial charge in [0.1, 0.15) is 10.4 Å². The number of ether oxygens (including phenoxy) is 1. The van der Waals surface area contributed by atoms with Crippen molar-refractivity contribution in [3.05, 3.63) is 82.2 Å². The minimum Gasteiger partial charge on any atom is -0.455 e. The maximum absolute atomic E-state index is 12.5. The van der Waals surface area contributed by atoms with Gasteiger partial charge in [-0.05, 0) is 35.7 Å². The molecular weight excluding hydrogens is 398 g/mol. The van der Waals surface area contributed by atoms with Crippen molar-refractivity contribution < 1.29 is 4.74 Å². The third-order valence-electron chi connectivity index (χ3n) is 5.02. The molecule has 0 N–H and O–H groups in total. The fourth-order valence-corrected chi connectivity index (χ4v) is 4.38. The minimum atomic E-state index is -0.0542. The number of anilines is 1. The highest BCUT2D eigenvalue weighted by Crippen LogP contribution is 2.32. The first-order chi connectivity index (χ1) is 14.6. The Labute approximate surface area is 176 Å². The Balaban J connectivity index is 1.53. The predicted octanol–water partition coefficient (Wildman–Crippen LogP) is 4.07. The highest BCUT2D eigenvalue weighted by atomic mass is 32.1. The summed E-state index contributed by atoms with van der Waals surface area (Å²) in [5.41, 5.74) is 1.71. The third-order valence-corrected chi connectivity index (χ3v) is 5.91. The van der Waals surface area contributed by atoms with E-state index >= 15 is 0 Å². The Kier molecular flexibility index (Phi) is 4.48. The first-order valence-electron chi connectivity index (χ1n) is 9.47. The zero-order chi connectivity index (χ0) is 20.7. The fourth-order valence-electron chi connectivity index (χ4n) is 3.53. The maximum atomic E-state index is 12.5. The molecule has 5 rings (SSSR count). The Bertz CT molecular complexity index is 1400. The molecule has 0 atom stereocenters. The van der Waals surface area contributed by atoms with Gasteiger partial charge in [0.05, 0.1) is 17.7 Å². The number of rotatable bonds is 5. The number of fused-ring (bicyclic) bond motifs is 3. The van der Waals surface area contributed by atoms with Crippen molar-refractivity contribution in [1.82, 2.24) is 19.2 Å². The number of hydrogen-bond acceptors (Lipinski definition) is 6. The summed E-state index contributed by atoms with van der Waals surface area (Å²) < 4.78 is 10.3. The molecule has 0 saturated carbocycles. The summed E-state index contributed by atoms with van der Waals surface area (Å²) in [7, 11) is 3.71. The molecule has 0 radical (unpaired) electrons. The number of aryl methyl sites for hydroxylation is 1. The van der Waals surface area contributed by atoms with E-state index < -0.39 is 0 Å². The second kappa shape index (κ2) is 7.31. The molecule has 30 heavy (non-hydrogen) atoms. The molecule has 7 nitrogen and oxygen atoms in total. The number of nitrogens with zero attached hydrogens (tertiary/aromatic N) is 5. The molecule has 150 valence electrons. The highest BCUT2D eigenvalue weighted by Gasteiger charge is 2.18. The van der Waals surface area contributed by atoms with Crippen molar-refractivity contribution in [3.8, 4) is 11.5 Å². The average Bonchev–Trinajstić information content (AvgIpc) is 3.40. The van der Waals surface area contributed by atoms with Crippen LogP contribution in [0.25, 0.3) is 16.0 Å². The molecule has 3 heterocycles. The molecule has 0 spiro atoms. The molecule has 0 aliphatic rings. The molecule has 0 saturated heterocycles. The normalized spacial score (nSPS) is 11.3. The Morgan fingerprint density at radius 3 is 2.63 bits per heavy atom. The number of thiophene rings is 1. The summed E-state index contributed by atoms with van der Waals surface area (Å²) in [6, 6.07) is 19.5. The summed E-state index contributed by atoms with van der Waals surface area (Å²) in [5.74, 6) is 2.82. The van der Waals surface area contributed by atoms with Crippen LogP contribution in [-0.2, 0) is 13.6 Å². The molecular formula is C22H19N5O2S. The average molecular weight is 417 g/mol. The Morgan fingerprint density at radius 1 is 1.03 bits per heavy atom. The molecule has 8 heteroatoms. The van der Waals surface area contributed by atoms with Crippen molar-refractivity contribution in [1.29, 1.82) is 0 Å². The van der Waals surface area contributed by atoms with E-state index in [2.05, 4.69) is 15.1 Å².